The fraction of sp³-hybridized carbons (Fsp3) is 0.308. The normalized spacial score (nSPS) is 11.3. The first kappa shape index (κ1) is 34.0. The molecular weight excluding hydrogens is 576 g/mol. The van der Waals surface area contributed by atoms with E-state index in [1.54, 1.807) is 30.3 Å². The zero-order valence-corrected chi connectivity index (χ0v) is 26.6. The molecule has 1 atom stereocenters. The number of ether oxygens (including phenoxy) is 2. The van der Waals surface area contributed by atoms with E-state index in [4.69, 9.17) is 9.47 Å². The van der Waals surface area contributed by atoms with Crippen LogP contribution >= 0.6 is 0 Å². The molecule has 46 heavy (non-hydrogen) atoms. The van der Waals surface area contributed by atoms with Crippen LogP contribution in [0.2, 0.25) is 0 Å². The van der Waals surface area contributed by atoms with Gasteiger partial charge in [-0.3, -0.25) is 9.59 Å². The van der Waals surface area contributed by atoms with Crippen LogP contribution in [0.5, 0.6) is 5.75 Å². The Morgan fingerprint density at radius 2 is 1.35 bits per heavy atom. The third kappa shape index (κ3) is 11.2. The molecule has 0 heterocycles. The van der Waals surface area contributed by atoms with Gasteiger partial charge >= 0.3 is 5.97 Å². The summed E-state index contributed by atoms with van der Waals surface area (Å²) < 4.78 is 10.9. The van der Waals surface area contributed by atoms with Crippen LogP contribution in [-0.4, -0.2) is 44.0 Å². The number of carbonyl (C=O) groups is 3. The number of benzene rings is 4. The number of nitrogens with one attached hydrogen (secondary N) is 2. The minimum Gasteiger partial charge on any atom is -0.492 e. The molecule has 0 saturated heterocycles. The van der Waals surface area contributed by atoms with Crippen molar-refractivity contribution in [3.8, 4) is 5.75 Å². The molecule has 0 bridgehead atoms. The van der Waals surface area contributed by atoms with Crippen LogP contribution in [0.4, 0.5) is 5.69 Å². The molecule has 0 aromatic heterocycles. The largest absolute Gasteiger partial charge is 0.492 e. The molecule has 0 spiro atoms. The molecule has 240 valence electrons. The number of para-hydroxylation sites is 1. The summed E-state index contributed by atoms with van der Waals surface area (Å²) in [5.41, 5.74) is 3.90. The van der Waals surface area contributed by atoms with Gasteiger partial charge in [0.2, 0.25) is 5.91 Å². The van der Waals surface area contributed by atoms with Crippen LogP contribution in [0.3, 0.4) is 0 Å². The SMILES string of the molecule is COC(=O)[C@H](Cc1ccc(OCCNC(=O)CCCCCCCc2ccccc2)cc1)Nc1ccccc1C(=O)c1ccccc1. The lowest BCUT2D eigenvalue weighted by Crippen LogP contribution is -2.33. The van der Waals surface area contributed by atoms with Crippen molar-refractivity contribution < 1.29 is 23.9 Å². The monoisotopic (exact) mass is 620 g/mol. The molecule has 7 heteroatoms. The van der Waals surface area contributed by atoms with Gasteiger partial charge in [0.05, 0.1) is 13.7 Å². The second-order valence-corrected chi connectivity index (χ2v) is 11.3. The molecule has 7 nitrogen and oxygen atoms in total. The van der Waals surface area contributed by atoms with E-state index < -0.39 is 12.0 Å². The highest BCUT2D eigenvalue weighted by Crippen LogP contribution is 2.22. The average molecular weight is 621 g/mol. The van der Waals surface area contributed by atoms with Crippen molar-refractivity contribution in [2.75, 3.05) is 25.6 Å². The summed E-state index contributed by atoms with van der Waals surface area (Å²) >= 11 is 0. The molecule has 0 unspecified atom stereocenters. The molecule has 4 rings (SSSR count). The highest BCUT2D eigenvalue weighted by Gasteiger charge is 2.22. The minimum atomic E-state index is -0.703. The van der Waals surface area contributed by atoms with E-state index in [1.807, 2.05) is 54.6 Å². The van der Waals surface area contributed by atoms with Crippen molar-refractivity contribution in [2.24, 2.45) is 0 Å². The lowest BCUT2D eigenvalue weighted by atomic mass is 10.00. The highest BCUT2D eigenvalue weighted by atomic mass is 16.5. The van der Waals surface area contributed by atoms with E-state index in [1.165, 1.54) is 25.5 Å². The first-order valence-electron chi connectivity index (χ1n) is 16.1. The zero-order chi connectivity index (χ0) is 32.4. The third-order valence-corrected chi connectivity index (χ3v) is 7.79. The molecule has 4 aromatic carbocycles. The lowest BCUT2D eigenvalue weighted by molar-refractivity contribution is -0.141. The van der Waals surface area contributed by atoms with Gasteiger partial charge in [0.1, 0.15) is 18.4 Å². The number of esters is 1. The van der Waals surface area contributed by atoms with E-state index in [0.717, 1.165) is 31.2 Å². The van der Waals surface area contributed by atoms with E-state index in [0.29, 0.717) is 48.6 Å². The number of rotatable bonds is 19. The predicted octanol–water partition coefficient (Wildman–Crippen LogP) is 7.19. The van der Waals surface area contributed by atoms with Gasteiger partial charge in [-0.15, -0.1) is 0 Å². The van der Waals surface area contributed by atoms with Crippen molar-refractivity contribution in [1.29, 1.82) is 0 Å². The van der Waals surface area contributed by atoms with E-state index in [2.05, 4.69) is 34.9 Å². The highest BCUT2D eigenvalue weighted by molar-refractivity contribution is 6.12. The molecule has 0 aliphatic heterocycles. The number of anilines is 1. The summed E-state index contributed by atoms with van der Waals surface area (Å²) in [6.07, 6.45) is 7.49. The topological polar surface area (TPSA) is 93.7 Å². The fourth-order valence-electron chi connectivity index (χ4n) is 5.27. The maximum Gasteiger partial charge on any atom is 0.328 e. The summed E-state index contributed by atoms with van der Waals surface area (Å²) in [6, 6.07) is 33.5. The summed E-state index contributed by atoms with van der Waals surface area (Å²) in [4.78, 5) is 38.1. The Kier molecular flexibility index (Phi) is 13.9. The Hall–Kier alpha value is -4.91. The molecule has 2 N–H and O–H groups in total. The van der Waals surface area contributed by atoms with Gasteiger partial charge in [0.15, 0.2) is 5.78 Å². The minimum absolute atomic E-state index is 0.0524. The van der Waals surface area contributed by atoms with E-state index in [-0.39, 0.29) is 11.7 Å². The van der Waals surface area contributed by atoms with Gasteiger partial charge in [-0.2, -0.15) is 0 Å². The Morgan fingerprint density at radius 3 is 2.09 bits per heavy atom. The maximum atomic E-state index is 13.2. The molecule has 0 radical (unpaired) electrons. The van der Waals surface area contributed by atoms with Crippen LogP contribution in [0, 0.1) is 0 Å². The number of amides is 1. The van der Waals surface area contributed by atoms with Gasteiger partial charge in [-0.05, 0) is 54.7 Å². The molecule has 0 fully saturated rings. The van der Waals surface area contributed by atoms with E-state index >= 15 is 0 Å². The Labute approximate surface area is 272 Å². The second kappa shape index (κ2) is 18.8. The first-order chi connectivity index (χ1) is 22.5. The zero-order valence-electron chi connectivity index (χ0n) is 26.6. The Balaban J connectivity index is 1.16. The van der Waals surface area contributed by atoms with Crippen LogP contribution in [0.15, 0.2) is 109 Å². The second-order valence-electron chi connectivity index (χ2n) is 11.3. The van der Waals surface area contributed by atoms with Crippen molar-refractivity contribution in [3.05, 3.63) is 131 Å². The van der Waals surface area contributed by atoms with Crippen LogP contribution in [0.25, 0.3) is 0 Å². The Morgan fingerprint density at radius 1 is 0.696 bits per heavy atom. The van der Waals surface area contributed by atoms with Gasteiger partial charge < -0.3 is 20.1 Å². The smallest absolute Gasteiger partial charge is 0.328 e. The lowest BCUT2D eigenvalue weighted by Gasteiger charge is -2.20. The Bertz CT molecular complexity index is 1510. The predicted molar refractivity (Wildman–Crippen MR) is 182 cm³/mol. The first-order valence-corrected chi connectivity index (χ1v) is 16.1. The van der Waals surface area contributed by atoms with Crippen molar-refractivity contribution in [3.63, 3.8) is 0 Å². The van der Waals surface area contributed by atoms with Crippen molar-refractivity contribution in [2.45, 2.75) is 57.4 Å². The number of hydrogen-bond donors (Lipinski definition) is 2. The third-order valence-electron chi connectivity index (χ3n) is 7.79. The standard InChI is InChI=1S/C39H44N2O5/c1-45-39(44)36(41-35-21-14-13-20-34(35)38(43)32-18-10-6-11-19-32)29-31-23-25-33(26-24-31)46-28-27-40-37(42)22-12-4-2-3-7-15-30-16-8-5-9-17-30/h5-6,8-11,13-14,16-21,23-26,36,41H,2-4,7,12,15,22,27-29H2,1H3,(H,40,42)/t36-/m0/s1. The number of unbranched alkanes of at least 4 members (excludes halogenated alkanes) is 4. The van der Waals surface area contributed by atoms with Crippen LogP contribution in [0.1, 0.15) is 65.6 Å². The maximum absolute atomic E-state index is 13.2. The number of carbonyl (C=O) groups excluding carboxylic acids is 3. The fourth-order valence-corrected chi connectivity index (χ4v) is 5.27. The van der Waals surface area contributed by atoms with Crippen LogP contribution < -0.4 is 15.4 Å². The summed E-state index contributed by atoms with van der Waals surface area (Å²) in [5.74, 6) is 0.169. The number of methoxy groups -OCH3 is 1. The number of hydrogen-bond acceptors (Lipinski definition) is 6. The number of ketones is 1. The molecular formula is C39H44N2O5. The molecule has 4 aromatic rings. The quantitative estimate of drug-likeness (QED) is 0.0655. The number of aryl methyl sites for hydroxylation is 1. The van der Waals surface area contributed by atoms with Crippen molar-refractivity contribution in [1.82, 2.24) is 5.32 Å². The molecule has 1 amide bonds. The summed E-state index contributed by atoms with van der Waals surface area (Å²) in [6.45, 7) is 0.802. The summed E-state index contributed by atoms with van der Waals surface area (Å²) in [7, 11) is 1.35. The van der Waals surface area contributed by atoms with Gasteiger partial charge in [-0.25, -0.2) is 4.79 Å². The molecule has 0 saturated carbocycles. The molecule has 0 aliphatic carbocycles. The van der Waals surface area contributed by atoms with Gasteiger partial charge in [0, 0.05) is 29.7 Å². The van der Waals surface area contributed by atoms with Gasteiger partial charge in [0.25, 0.3) is 0 Å². The molecule has 0 aliphatic rings. The summed E-state index contributed by atoms with van der Waals surface area (Å²) in [5, 5.41) is 6.16. The average Bonchev–Trinajstić information content (AvgIpc) is 3.10. The van der Waals surface area contributed by atoms with Crippen LogP contribution in [-0.2, 0) is 27.2 Å². The van der Waals surface area contributed by atoms with Crippen molar-refractivity contribution >= 4 is 23.3 Å². The van der Waals surface area contributed by atoms with E-state index in [9.17, 15) is 14.4 Å². The van der Waals surface area contributed by atoms with Gasteiger partial charge in [-0.1, -0.05) is 104 Å².